The summed E-state index contributed by atoms with van der Waals surface area (Å²) in [6.45, 7) is 2.51. The van der Waals surface area contributed by atoms with E-state index in [0.29, 0.717) is 17.9 Å². The zero-order valence-corrected chi connectivity index (χ0v) is 13.8. The molecule has 1 aromatic carbocycles. The average Bonchev–Trinajstić information content (AvgIpc) is 2.60. The van der Waals surface area contributed by atoms with E-state index in [2.05, 4.69) is 33.4 Å². The lowest BCUT2D eigenvalue weighted by molar-refractivity contribution is 0.245. The van der Waals surface area contributed by atoms with Gasteiger partial charge in [-0.2, -0.15) is 10.5 Å². The van der Waals surface area contributed by atoms with Crippen molar-refractivity contribution in [3.8, 4) is 12.1 Å². The van der Waals surface area contributed by atoms with Crippen molar-refractivity contribution in [2.75, 3.05) is 18.4 Å². The predicted molar refractivity (Wildman–Crippen MR) is 92.3 cm³/mol. The molecule has 0 bridgehead atoms. The van der Waals surface area contributed by atoms with Crippen LogP contribution in [0.4, 0.5) is 5.82 Å². The molecule has 0 fully saturated rings. The van der Waals surface area contributed by atoms with Crippen LogP contribution < -0.4 is 5.32 Å². The fourth-order valence-corrected chi connectivity index (χ4v) is 3.26. The Kier molecular flexibility index (Phi) is 4.96. The molecule has 0 atom stereocenters. The van der Waals surface area contributed by atoms with E-state index in [-0.39, 0.29) is 11.7 Å². The van der Waals surface area contributed by atoms with Gasteiger partial charge in [0.05, 0.1) is 11.6 Å². The highest BCUT2D eigenvalue weighted by atomic mass is 35.5. The molecule has 1 N–H and O–H groups in total. The summed E-state index contributed by atoms with van der Waals surface area (Å²) in [4.78, 5) is 6.56. The van der Waals surface area contributed by atoms with Crippen molar-refractivity contribution >= 4 is 17.4 Å². The number of fused-ring (bicyclic) bond motifs is 1. The molecule has 2 aromatic rings. The Morgan fingerprint density at radius 1 is 1.21 bits per heavy atom. The highest BCUT2D eigenvalue weighted by Crippen LogP contribution is 2.32. The van der Waals surface area contributed by atoms with E-state index in [1.807, 2.05) is 24.3 Å². The molecule has 1 aliphatic rings. The van der Waals surface area contributed by atoms with Crippen LogP contribution in [0.5, 0.6) is 0 Å². The van der Waals surface area contributed by atoms with Crippen molar-refractivity contribution in [1.82, 2.24) is 9.88 Å². The van der Waals surface area contributed by atoms with Gasteiger partial charge in [0.2, 0.25) is 0 Å². The van der Waals surface area contributed by atoms with Crippen LogP contribution in [-0.4, -0.2) is 23.0 Å². The first-order valence-electron chi connectivity index (χ1n) is 7.71. The van der Waals surface area contributed by atoms with E-state index in [4.69, 9.17) is 16.9 Å². The van der Waals surface area contributed by atoms with Gasteiger partial charge in [0.1, 0.15) is 23.6 Å². The molecule has 6 heteroatoms. The number of rotatable bonds is 4. The summed E-state index contributed by atoms with van der Waals surface area (Å²) in [7, 11) is 0. The molecular formula is C18H16ClN5. The van der Waals surface area contributed by atoms with Crippen LogP contribution in [0.3, 0.4) is 0 Å². The Hall–Kier alpha value is -2.60. The molecular weight excluding hydrogens is 322 g/mol. The molecule has 0 saturated heterocycles. The molecule has 0 unspecified atom stereocenters. The van der Waals surface area contributed by atoms with E-state index >= 15 is 0 Å². The number of halogens is 1. The van der Waals surface area contributed by atoms with Gasteiger partial charge in [-0.25, -0.2) is 4.98 Å². The first-order valence-corrected chi connectivity index (χ1v) is 8.09. The maximum Gasteiger partial charge on any atom is 0.149 e. The average molecular weight is 338 g/mol. The molecule has 0 aliphatic carbocycles. The summed E-state index contributed by atoms with van der Waals surface area (Å²) < 4.78 is 0. The second kappa shape index (κ2) is 7.31. The monoisotopic (exact) mass is 337 g/mol. The van der Waals surface area contributed by atoms with Crippen LogP contribution in [0.25, 0.3) is 0 Å². The summed E-state index contributed by atoms with van der Waals surface area (Å²) in [5.41, 5.74) is 3.59. The number of aromatic nitrogens is 1. The first kappa shape index (κ1) is 16.3. The third-order valence-electron chi connectivity index (χ3n) is 4.12. The Labute approximate surface area is 146 Å². The van der Waals surface area contributed by atoms with Crippen molar-refractivity contribution in [2.24, 2.45) is 0 Å². The van der Waals surface area contributed by atoms with Crippen molar-refractivity contribution in [3.63, 3.8) is 0 Å². The molecule has 0 amide bonds. The Morgan fingerprint density at radius 3 is 2.71 bits per heavy atom. The van der Waals surface area contributed by atoms with Crippen LogP contribution in [0.1, 0.15) is 22.3 Å². The van der Waals surface area contributed by atoms with E-state index in [1.165, 1.54) is 5.56 Å². The largest absolute Gasteiger partial charge is 0.357 e. The summed E-state index contributed by atoms with van der Waals surface area (Å²) in [6.07, 6.45) is 0.773. The van der Waals surface area contributed by atoms with Crippen LogP contribution in [0.2, 0.25) is 5.15 Å². The minimum atomic E-state index is 0.162. The molecule has 5 nitrogen and oxygen atoms in total. The minimum absolute atomic E-state index is 0.162. The predicted octanol–water partition coefficient (Wildman–Crippen LogP) is 3.10. The zero-order valence-electron chi connectivity index (χ0n) is 13.1. The van der Waals surface area contributed by atoms with Gasteiger partial charge in [-0.3, -0.25) is 4.90 Å². The fourth-order valence-electron chi connectivity index (χ4n) is 3.02. The van der Waals surface area contributed by atoms with E-state index < -0.39 is 0 Å². The second-order valence-electron chi connectivity index (χ2n) is 5.65. The summed E-state index contributed by atoms with van der Waals surface area (Å²) in [5.74, 6) is 0.620. The van der Waals surface area contributed by atoms with Crippen LogP contribution in [-0.2, 0) is 19.5 Å². The number of benzene rings is 1. The molecule has 1 aliphatic heterocycles. The highest BCUT2D eigenvalue weighted by molar-refractivity contribution is 6.30. The van der Waals surface area contributed by atoms with Crippen molar-refractivity contribution < 1.29 is 0 Å². The van der Waals surface area contributed by atoms with E-state index in [1.54, 1.807) is 0 Å². The number of nitriles is 2. The van der Waals surface area contributed by atoms with Crippen molar-refractivity contribution in [3.05, 3.63) is 57.7 Å². The first-order chi connectivity index (χ1) is 11.7. The van der Waals surface area contributed by atoms with Gasteiger partial charge >= 0.3 is 0 Å². The van der Waals surface area contributed by atoms with E-state index in [0.717, 1.165) is 30.6 Å². The molecule has 24 heavy (non-hydrogen) atoms. The van der Waals surface area contributed by atoms with Gasteiger partial charge in [0, 0.05) is 25.2 Å². The lowest BCUT2D eigenvalue weighted by Gasteiger charge is -2.30. The lowest BCUT2D eigenvalue weighted by atomic mass is 9.96. The molecule has 0 spiro atoms. The van der Waals surface area contributed by atoms with Gasteiger partial charge in [-0.15, -0.1) is 0 Å². The number of nitrogens with zero attached hydrogens (tertiary/aromatic N) is 4. The van der Waals surface area contributed by atoms with Gasteiger partial charge in [-0.1, -0.05) is 41.9 Å². The Morgan fingerprint density at radius 2 is 2.00 bits per heavy atom. The molecule has 3 rings (SSSR count). The van der Waals surface area contributed by atoms with Gasteiger partial charge in [-0.05, 0) is 17.5 Å². The SMILES string of the molecule is N#CCNc1nc(Cl)c(C#N)c2c1CCN(Cc1ccccc1)C2. The standard InChI is InChI=1S/C18H16ClN5/c19-17-15(10-21)16-12-24(11-13-4-2-1-3-5-13)9-6-14(16)18(23-17)22-8-7-20/h1-5H,6,8-9,11-12H2,(H,22,23). The molecule has 0 radical (unpaired) electrons. The number of anilines is 1. The summed E-state index contributed by atoms with van der Waals surface area (Å²) in [6, 6.07) is 14.5. The minimum Gasteiger partial charge on any atom is -0.357 e. The third-order valence-corrected chi connectivity index (χ3v) is 4.40. The smallest absolute Gasteiger partial charge is 0.149 e. The quantitative estimate of drug-likeness (QED) is 0.685. The Balaban J connectivity index is 1.90. The van der Waals surface area contributed by atoms with Crippen LogP contribution >= 0.6 is 11.6 Å². The fraction of sp³-hybridized carbons (Fsp3) is 0.278. The van der Waals surface area contributed by atoms with Gasteiger partial charge in [0.15, 0.2) is 0 Å². The van der Waals surface area contributed by atoms with Crippen LogP contribution in [0.15, 0.2) is 30.3 Å². The normalized spacial score (nSPS) is 13.6. The topological polar surface area (TPSA) is 75.7 Å². The van der Waals surface area contributed by atoms with E-state index in [9.17, 15) is 5.26 Å². The zero-order chi connectivity index (χ0) is 16.9. The van der Waals surface area contributed by atoms with Gasteiger partial charge in [0.25, 0.3) is 0 Å². The number of hydrogen-bond donors (Lipinski definition) is 1. The number of hydrogen-bond acceptors (Lipinski definition) is 5. The maximum atomic E-state index is 9.45. The molecule has 1 aromatic heterocycles. The van der Waals surface area contributed by atoms with Crippen molar-refractivity contribution in [2.45, 2.75) is 19.5 Å². The summed E-state index contributed by atoms with van der Waals surface area (Å²) in [5, 5.41) is 21.4. The number of pyridine rings is 1. The lowest BCUT2D eigenvalue weighted by Crippen LogP contribution is -2.31. The van der Waals surface area contributed by atoms with Gasteiger partial charge < -0.3 is 5.32 Å². The van der Waals surface area contributed by atoms with Crippen LogP contribution in [0, 0.1) is 22.7 Å². The molecule has 0 saturated carbocycles. The highest BCUT2D eigenvalue weighted by Gasteiger charge is 2.25. The Bertz CT molecular complexity index is 820. The van der Waals surface area contributed by atoms with Crippen molar-refractivity contribution in [1.29, 1.82) is 10.5 Å². The third kappa shape index (κ3) is 3.33. The summed E-state index contributed by atoms with van der Waals surface area (Å²) >= 11 is 6.18. The second-order valence-corrected chi connectivity index (χ2v) is 6.01. The molecule has 120 valence electrons. The number of nitrogens with one attached hydrogen (secondary N) is 1. The maximum absolute atomic E-state index is 9.45. The molecule has 2 heterocycles.